The maximum Gasteiger partial charge on any atom is 0.416 e. The number of carbonyl (C=O) groups excluding carboxylic acids is 2. The number of amides is 2. The van der Waals surface area contributed by atoms with Crippen LogP contribution in [0.5, 0.6) is 0 Å². The Labute approximate surface area is 113 Å². The summed E-state index contributed by atoms with van der Waals surface area (Å²) in [5.41, 5.74) is -0.604. The van der Waals surface area contributed by atoms with Gasteiger partial charge in [-0.25, -0.2) is 4.90 Å². The molecule has 0 saturated carbocycles. The van der Waals surface area contributed by atoms with Gasteiger partial charge in [0.2, 0.25) is 5.91 Å². The van der Waals surface area contributed by atoms with Gasteiger partial charge in [0, 0.05) is 5.57 Å². The molecule has 6 heteroatoms. The second kappa shape index (κ2) is 5.11. The van der Waals surface area contributed by atoms with Crippen LogP contribution in [-0.2, 0) is 15.8 Å². The lowest BCUT2D eigenvalue weighted by Gasteiger charge is -2.15. The first-order chi connectivity index (χ1) is 9.34. The number of nitrogens with zero attached hydrogens (tertiary/aromatic N) is 1. The van der Waals surface area contributed by atoms with E-state index in [-0.39, 0.29) is 12.1 Å². The summed E-state index contributed by atoms with van der Waals surface area (Å²) < 4.78 is 37.9. The van der Waals surface area contributed by atoms with Gasteiger partial charge in [-0.05, 0) is 24.6 Å². The predicted molar refractivity (Wildman–Crippen MR) is 66.9 cm³/mol. The first kappa shape index (κ1) is 14.3. The number of alkyl halides is 3. The fourth-order valence-electron chi connectivity index (χ4n) is 2.06. The van der Waals surface area contributed by atoms with Gasteiger partial charge in [0.1, 0.15) is 0 Å². The highest BCUT2D eigenvalue weighted by molar-refractivity contribution is 6.28. The van der Waals surface area contributed by atoms with Crippen LogP contribution in [0.1, 0.15) is 25.3 Å². The molecule has 1 aliphatic heterocycles. The zero-order chi connectivity index (χ0) is 14.9. The van der Waals surface area contributed by atoms with E-state index in [0.29, 0.717) is 12.0 Å². The van der Waals surface area contributed by atoms with E-state index in [1.807, 2.05) is 6.92 Å². The van der Waals surface area contributed by atoms with Crippen LogP contribution in [0, 0.1) is 0 Å². The van der Waals surface area contributed by atoms with E-state index in [9.17, 15) is 22.8 Å². The molecule has 1 aromatic carbocycles. The van der Waals surface area contributed by atoms with Crippen LogP contribution in [0.2, 0.25) is 0 Å². The number of benzene rings is 1. The predicted octanol–water partition coefficient (Wildman–Crippen LogP) is 3.31. The second-order valence-electron chi connectivity index (χ2n) is 4.40. The van der Waals surface area contributed by atoms with Gasteiger partial charge in [0.15, 0.2) is 0 Å². The Hall–Kier alpha value is -2.11. The van der Waals surface area contributed by atoms with Crippen molar-refractivity contribution in [3.05, 3.63) is 41.5 Å². The average molecular weight is 283 g/mol. The number of imide groups is 1. The Morgan fingerprint density at radius 2 is 2.00 bits per heavy atom. The largest absolute Gasteiger partial charge is 0.416 e. The summed E-state index contributed by atoms with van der Waals surface area (Å²) >= 11 is 0. The number of anilines is 1. The molecule has 1 fully saturated rings. The van der Waals surface area contributed by atoms with Crippen LogP contribution in [0.25, 0.3) is 0 Å². The molecular weight excluding hydrogens is 271 g/mol. The standard InChI is InChI=1S/C14H12F3NO2/c1-2-4-9-7-12(19)18(13(9)20)11-6-3-5-10(8-11)14(15,16)17/h3-6,8H,2,7H2,1H3. The summed E-state index contributed by atoms with van der Waals surface area (Å²) in [6.07, 6.45) is -2.37. The molecule has 2 amide bonds. The van der Waals surface area contributed by atoms with Crippen molar-refractivity contribution in [3.63, 3.8) is 0 Å². The first-order valence-electron chi connectivity index (χ1n) is 6.08. The molecule has 106 valence electrons. The van der Waals surface area contributed by atoms with Crippen molar-refractivity contribution in [2.75, 3.05) is 4.90 Å². The first-order valence-corrected chi connectivity index (χ1v) is 6.08. The van der Waals surface area contributed by atoms with Crippen LogP contribution in [0.3, 0.4) is 0 Å². The highest BCUT2D eigenvalue weighted by Crippen LogP contribution is 2.33. The number of carbonyl (C=O) groups is 2. The van der Waals surface area contributed by atoms with E-state index in [1.165, 1.54) is 12.1 Å². The highest BCUT2D eigenvalue weighted by Gasteiger charge is 2.36. The van der Waals surface area contributed by atoms with Crippen molar-refractivity contribution in [1.82, 2.24) is 0 Å². The summed E-state index contributed by atoms with van der Waals surface area (Å²) in [7, 11) is 0. The van der Waals surface area contributed by atoms with Crippen molar-refractivity contribution in [2.24, 2.45) is 0 Å². The summed E-state index contributed by atoms with van der Waals surface area (Å²) in [6.45, 7) is 1.82. The highest BCUT2D eigenvalue weighted by atomic mass is 19.4. The Balaban J connectivity index is 2.40. The van der Waals surface area contributed by atoms with Gasteiger partial charge < -0.3 is 0 Å². The number of allylic oxidation sites excluding steroid dienone is 1. The number of hydrogen-bond acceptors (Lipinski definition) is 2. The van der Waals surface area contributed by atoms with Crippen LogP contribution in [0.4, 0.5) is 18.9 Å². The molecule has 1 heterocycles. The van der Waals surface area contributed by atoms with Crippen LogP contribution < -0.4 is 4.90 Å². The smallest absolute Gasteiger partial charge is 0.274 e. The Kier molecular flexibility index (Phi) is 3.65. The lowest BCUT2D eigenvalue weighted by Crippen LogP contribution is -2.29. The monoisotopic (exact) mass is 283 g/mol. The molecule has 1 saturated heterocycles. The van der Waals surface area contributed by atoms with Crippen molar-refractivity contribution in [3.8, 4) is 0 Å². The topological polar surface area (TPSA) is 37.4 Å². The minimum absolute atomic E-state index is 0.0469. The fourth-order valence-corrected chi connectivity index (χ4v) is 2.06. The molecule has 1 aromatic rings. The van der Waals surface area contributed by atoms with E-state index in [2.05, 4.69) is 0 Å². The zero-order valence-corrected chi connectivity index (χ0v) is 10.7. The van der Waals surface area contributed by atoms with Gasteiger partial charge in [0.05, 0.1) is 17.7 Å². The average Bonchev–Trinajstić information content (AvgIpc) is 2.64. The van der Waals surface area contributed by atoms with E-state index in [0.717, 1.165) is 17.0 Å². The molecule has 2 rings (SSSR count). The van der Waals surface area contributed by atoms with Gasteiger partial charge in [-0.1, -0.05) is 19.1 Å². The lowest BCUT2D eigenvalue weighted by molar-refractivity contribution is -0.137. The van der Waals surface area contributed by atoms with Crippen molar-refractivity contribution >= 4 is 17.5 Å². The second-order valence-corrected chi connectivity index (χ2v) is 4.40. The third-order valence-corrected chi connectivity index (χ3v) is 2.95. The lowest BCUT2D eigenvalue weighted by atomic mass is 10.2. The van der Waals surface area contributed by atoms with Gasteiger partial charge in [-0.3, -0.25) is 9.59 Å². The van der Waals surface area contributed by atoms with Crippen LogP contribution in [0.15, 0.2) is 35.9 Å². The number of hydrogen-bond donors (Lipinski definition) is 0. The maximum absolute atomic E-state index is 12.6. The molecule has 0 N–H and O–H groups in total. The molecule has 20 heavy (non-hydrogen) atoms. The van der Waals surface area contributed by atoms with Crippen molar-refractivity contribution in [2.45, 2.75) is 25.9 Å². The summed E-state index contributed by atoms with van der Waals surface area (Å²) in [6, 6.07) is 4.21. The van der Waals surface area contributed by atoms with Gasteiger partial charge in [0.25, 0.3) is 5.91 Å². The van der Waals surface area contributed by atoms with E-state index < -0.39 is 23.6 Å². The number of halogens is 3. The molecule has 0 bridgehead atoms. The van der Waals surface area contributed by atoms with Gasteiger partial charge in [-0.2, -0.15) is 13.2 Å². The van der Waals surface area contributed by atoms with E-state index in [4.69, 9.17) is 0 Å². The van der Waals surface area contributed by atoms with E-state index >= 15 is 0 Å². The SMILES string of the molecule is CCC=C1CC(=O)N(c2cccc(C(F)(F)F)c2)C1=O. The van der Waals surface area contributed by atoms with E-state index in [1.54, 1.807) is 6.08 Å². The normalized spacial score (nSPS) is 18.2. The minimum Gasteiger partial charge on any atom is -0.274 e. The molecule has 0 radical (unpaired) electrons. The molecule has 0 atom stereocenters. The van der Waals surface area contributed by atoms with Crippen LogP contribution >= 0.6 is 0 Å². The summed E-state index contributed by atoms with van der Waals surface area (Å²) in [5, 5.41) is 0. The molecule has 1 aliphatic rings. The van der Waals surface area contributed by atoms with Crippen molar-refractivity contribution in [1.29, 1.82) is 0 Å². The Morgan fingerprint density at radius 3 is 2.60 bits per heavy atom. The minimum atomic E-state index is -4.51. The zero-order valence-electron chi connectivity index (χ0n) is 10.7. The fraction of sp³-hybridized carbons (Fsp3) is 0.286. The molecule has 0 aromatic heterocycles. The third-order valence-electron chi connectivity index (χ3n) is 2.95. The van der Waals surface area contributed by atoms with Gasteiger partial charge >= 0.3 is 6.18 Å². The molecular formula is C14H12F3NO2. The third kappa shape index (κ3) is 2.59. The van der Waals surface area contributed by atoms with Crippen molar-refractivity contribution < 1.29 is 22.8 Å². The maximum atomic E-state index is 12.6. The Bertz CT molecular complexity index is 590. The molecule has 0 aliphatic carbocycles. The van der Waals surface area contributed by atoms with Gasteiger partial charge in [-0.15, -0.1) is 0 Å². The quantitative estimate of drug-likeness (QED) is 0.617. The summed E-state index contributed by atoms with van der Waals surface area (Å²) in [4.78, 5) is 24.6. The molecule has 0 unspecified atom stereocenters. The van der Waals surface area contributed by atoms with Crippen LogP contribution in [-0.4, -0.2) is 11.8 Å². The summed E-state index contributed by atoms with van der Waals surface area (Å²) in [5.74, 6) is -1.05. The molecule has 3 nitrogen and oxygen atoms in total. The molecule has 0 spiro atoms. The Morgan fingerprint density at radius 1 is 1.30 bits per heavy atom. The number of rotatable bonds is 2.